The molecule has 3 atom stereocenters. The normalized spacial score (nSPS) is 14.4. The minimum atomic E-state index is -4.72. The van der Waals surface area contributed by atoms with E-state index < -0.39 is 51.1 Å². The van der Waals surface area contributed by atoms with Gasteiger partial charge in [0.1, 0.15) is 12.6 Å². The molecule has 0 aromatic rings. The third-order valence-electron chi connectivity index (χ3n) is 8.08. The van der Waals surface area contributed by atoms with Crippen molar-refractivity contribution in [2.24, 2.45) is 5.73 Å². The smallest absolute Gasteiger partial charge is 0.472 e. The third-order valence-corrected chi connectivity index (χ3v) is 9.03. The summed E-state index contributed by atoms with van der Waals surface area (Å²) in [6.45, 7) is 2.69. The number of unbranched alkanes of at least 4 members (excludes halogenated alkanes) is 14. The first-order chi connectivity index (χ1) is 25.1. The number of esters is 2. The zero-order valence-electron chi connectivity index (χ0n) is 32.1. The highest BCUT2D eigenvalue weighted by Gasteiger charge is 2.28. The monoisotopic (exact) mass is 755 g/mol. The summed E-state index contributed by atoms with van der Waals surface area (Å²) >= 11 is 0. The van der Waals surface area contributed by atoms with Gasteiger partial charge in [-0.2, -0.15) is 0 Å². The summed E-state index contributed by atoms with van der Waals surface area (Å²) in [6, 6.07) is -1.53. The van der Waals surface area contributed by atoms with Crippen LogP contribution in [0.15, 0.2) is 48.6 Å². The number of hydrogen-bond acceptors (Lipinski definition) is 9. The second kappa shape index (κ2) is 35.5. The summed E-state index contributed by atoms with van der Waals surface area (Å²) in [7, 11) is -4.72. The lowest BCUT2D eigenvalue weighted by Crippen LogP contribution is -2.34. The number of carbonyl (C=O) groups excluding carboxylic acids is 2. The lowest BCUT2D eigenvalue weighted by atomic mass is 10.1. The molecule has 0 aliphatic rings. The molecular weight excluding hydrogens is 685 g/mol. The zero-order chi connectivity index (χ0) is 38.5. The SMILES string of the molecule is CCCCC/C=C\C/C=C\C/C=C\C/C=C\CCCC(=O)O[C@H](COC(=O)CCCCCCCCCCCCC)COP(=O)(O)OC[C@H](N)C(=O)O. The molecule has 0 rings (SSSR count). The maximum Gasteiger partial charge on any atom is 0.472 e. The fourth-order valence-corrected chi connectivity index (χ4v) is 5.72. The molecule has 0 amide bonds. The number of ether oxygens (including phenoxy) is 2. The minimum absolute atomic E-state index is 0.0853. The molecule has 1 unspecified atom stereocenters. The number of aliphatic carboxylic acids is 1. The Morgan fingerprint density at radius 2 is 1.04 bits per heavy atom. The molecule has 0 saturated carbocycles. The van der Waals surface area contributed by atoms with Gasteiger partial charge in [0.25, 0.3) is 0 Å². The number of carboxylic acids is 1. The van der Waals surface area contributed by atoms with Crippen LogP contribution in [-0.2, 0) is 37.5 Å². The number of rotatable bonds is 36. The summed E-state index contributed by atoms with van der Waals surface area (Å²) in [5.41, 5.74) is 5.31. The first-order valence-electron chi connectivity index (χ1n) is 19.7. The van der Waals surface area contributed by atoms with Crippen molar-refractivity contribution >= 4 is 25.7 Å². The van der Waals surface area contributed by atoms with Crippen LogP contribution in [-0.4, -0.2) is 59.9 Å². The minimum Gasteiger partial charge on any atom is -0.480 e. The molecule has 4 N–H and O–H groups in total. The van der Waals surface area contributed by atoms with E-state index in [9.17, 15) is 23.8 Å². The predicted octanol–water partition coefficient (Wildman–Crippen LogP) is 9.83. The van der Waals surface area contributed by atoms with Gasteiger partial charge in [0, 0.05) is 12.8 Å². The van der Waals surface area contributed by atoms with E-state index in [2.05, 4.69) is 54.8 Å². The van der Waals surface area contributed by atoms with Gasteiger partial charge in [-0.3, -0.25) is 23.4 Å². The summed E-state index contributed by atoms with van der Waals surface area (Å²) in [5, 5.41) is 8.86. The van der Waals surface area contributed by atoms with Crippen molar-refractivity contribution in [3.8, 4) is 0 Å². The van der Waals surface area contributed by atoms with Gasteiger partial charge in [0.05, 0.1) is 13.2 Å². The van der Waals surface area contributed by atoms with Gasteiger partial charge in [-0.25, -0.2) is 4.57 Å². The van der Waals surface area contributed by atoms with Gasteiger partial charge >= 0.3 is 25.7 Å². The molecule has 0 fully saturated rings. The molecule has 11 nitrogen and oxygen atoms in total. The second-order valence-corrected chi connectivity index (χ2v) is 14.5. The molecule has 0 saturated heterocycles. The Morgan fingerprint density at radius 3 is 1.58 bits per heavy atom. The van der Waals surface area contributed by atoms with Gasteiger partial charge in [0.15, 0.2) is 6.10 Å². The van der Waals surface area contributed by atoms with Gasteiger partial charge in [0.2, 0.25) is 0 Å². The third kappa shape index (κ3) is 34.5. The van der Waals surface area contributed by atoms with Crippen LogP contribution >= 0.6 is 7.82 Å². The largest absolute Gasteiger partial charge is 0.480 e. The quantitative estimate of drug-likeness (QED) is 0.0241. The average molecular weight is 756 g/mol. The number of carbonyl (C=O) groups is 3. The van der Waals surface area contributed by atoms with Crippen LogP contribution < -0.4 is 5.73 Å². The van der Waals surface area contributed by atoms with Gasteiger partial charge in [-0.05, 0) is 51.4 Å². The van der Waals surface area contributed by atoms with Crippen LogP contribution in [0.4, 0.5) is 0 Å². The number of nitrogens with two attached hydrogens (primary N) is 1. The number of phosphoric acid groups is 1. The first-order valence-corrected chi connectivity index (χ1v) is 21.2. The topological polar surface area (TPSA) is 172 Å². The van der Waals surface area contributed by atoms with E-state index in [1.807, 2.05) is 12.2 Å². The number of phosphoric ester groups is 1. The lowest BCUT2D eigenvalue weighted by Gasteiger charge is -2.20. The Bertz CT molecular complexity index is 1070. The molecule has 300 valence electrons. The number of carboxylic acid groups (broad SMARTS) is 1. The van der Waals surface area contributed by atoms with Crippen molar-refractivity contribution in [3.05, 3.63) is 48.6 Å². The van der Waals surface area contributed by atoms with E-state index in [1.54, 1.807) is 0 Å². The molecular formula is C40H70NO10P. The lowest BCUT2D eigenvalue weighted by molar-refractivity contribution is -0.161. The van der Waals surface area contributed by atoms with Crippen LogP contribution in [0.1, 0.15) is 155 Å². The highest BCUT2D eigenvalue weighted by molar-refractivity contribution is 7.47. The number of allylic oxidation sites excluding steroid dienone is 8. The predicted molar refractivity (Wildman–Crippen MR) is 208 cm³/mol. The summed E-state index contributed by atoms with van der Waals surface area (Å²) < 4.78 is 32.5. The van der Waals surface area contributed by atoms with Crippen molar-refractivity contribution in [1.82, 2.24) is 0 Å². The van der Waals surface area contributed by atoms with Crippen LogP contribution in [0.2, 0.25) is 0 Å². The number of hydrogen-bond donors (Lipinski definition) is 3. The molecule has 0 bridgehead atoms. The Morgan fingerprint density at radius 1 is 0.596 bits per heavy atom. The fraction of sp³-hybridized carbons (Fsp3) is 0.725. The van der Waals surface area contributed by atoms with Crippen molar-refractivity contribution < 1.29 is 47.5 Å². The second-order valence-electron chi connectivity index (χ2n) is 13.1. The van der Waals surface area contributed by atoms with Gasteiger partial charge in [-0.15, -0.1) is 0 Å². The standard InChI is InChI=1S/C40H70NO10P/c1-3-5-7-9-11-13-15-16-17-18-19-20-22-24-26-28-30-32-39(43)51-36(34-49-52(46,47)50-35-37(41)40(44)45)33-48-38(42)31-29-27-25-23-21-14-12-10-8-6-4-2/h11,13,16-17,19-20,24,26,36-37H,3-10,12,14-15,18,21-23,25,27-35,41H2,1-2H3,(H,44,45)(H,46,47)/b13-11-,17-16-,20-19-,26-24-/t36-,37+/m1/s1. The van der Waals surface area contributed by atoms with Gasteiger partial charge < -0.3 is 25.2 Å². The molecule has 0 heterocycles. The summed E-state index contributed by atoms with van der Waals surface area (Å²) in [5.74, 6) is -2.46. The van der Waals surface area contributed by atoms with E-state index in [1.165, 1.54) is 64.2 Å². The fourth-order valence-electron chi connectivity index (χ4n) is 4.94. The van der Waals surface area contributed by atoms with Gasteiger partial charge in [-0.1, -0.05) is 140 Å². The van der Waals surface area contributed by atoms with Crippen molar-refractivity contribution in [2.45, 2.75) is 167 Å². The maximum atomic E-state index is 12.5. The molecule has 0 spiro atoms. The van der Waals surface area contributed by atoms with E-state index in [0.29, 0.717) is 19.3 Å². The van der Waals surface area contributed by atoms with Crippen LogP contribution in [0.5, 0.6) is 0 Å². The molecule has 0 radical (unpaired) electrons. The highest BCUT2D eigenvalue weighted by atomic mass is 31.2. The zero-order valence-corrected chi connectivity index (χ0v) is 33.0. The molecule has 0 aromatic carbocycles. The van der Waals surface area contributed by atoms with Crippen LogP contribution in [0.3, 0.4) is 0 Å². The maximum absolute atomic E-state index is 12.5. The van der Waals surface area contributed by atoms with E-state index in [4.69, 9.17) is 24.8 Å². The Labute approximate surface area is 314 Å². The van der Waals surface area contributed by atoms with Crippen molar-refractivity contribution in [1.29, 1.82) is 0 Å². The Hall–Kier alpha value is -2.56. The highest BCUT2D eigenvalue weighted by Crippen LogP contribution is 2.43. The average Bonchev–Trinajstić information content (AvgIpc) is 3.12. The van der Waals surface area contributed by atoms with Crippen molar-refractivity contribution in [3.63, 3.8) is 0 Å². The summed E-state index contributed by atoms with van der Waals surface area (Å²) in [6.07, 6.45) is 37.6. The van der Waals surface area contributed by atoms with E-state index in [-0.39, 0.29) is 19.4 Å². The Kier molecular flexibility index (Phi) is 33.7. The molecule has 12 heteroatoms. The Balaban J connectivity index is 4.53. The van der Waals surface area contributed by atoms with E-state index in [0.717, 1.165) is 44.9 Å². The first kappa shape index (κ1) is 49.4. The molecule has 0 aromatic heterocycles. The molecule has 0 aliphatic carbocycles. The van der Waals surface area contributed by atoms with Crippen molar-refractivity contribution in [2.75, 3.05) is 19.8 Å². The molecule has 52 heavy (non-hydrogen) atoms. The van der Waals surface area contributed by atoms with Crippen LogP contribution in [0.25, 0.3) is 0 Å². The van der Waals surface area contributed by atoms with E-state index >= 15 is 0 Å². The summed E-state index contributed by atoms with van der Waals surface area (Å²) in [4.78, 5) is 45.7. The van der Waals surface area contributed by atoms with Crippen LogP contribution in [0, 0.1) is 0 Å². The molecule has 0 aliphatic heterocycles.